The highest BCUT2D eigenvalue weighted by atomic mass is 35.5. The zero-order chi connectivity index (χ0) is 22.5. The van der Waals surface area contributed by atoms with E-state index in [4.69, 9.17) is 25.8 Å². The summed E-state index contributed by atoms with van der Waals surface area (Å²) in [5.74, 6) is -2.76. The SMILES string of the molecule is COC(=O)C1=C(C(=O)OC)N(c2cccc(C(=O)O)c2Nc2ccccc2Cl)COC1. The third-order valence-corrected chi connectivity index (χ3v) is 4.86. The fraction of sp³-hybridized carbons (Fsp3) is 0.190. The zero-order valence-corrected chi connectivity index (χ0v) is 17.4. The molecule has 1 aliphatic heterocycles. The number of halogens is 1. The molecule has 0 saturated carbocycles. The molecule has 0 saturated heterocycles. The number of aromatic carboxylic acids is 1. The van der Waals surface area contributed by atoms with Crippen LogP contribution in [0.15, 0.2) is 53.7 Å². The number of carboxylic acids is 1. The van der Waals surface area contributed by atoms with E-state index in [-0.39, 0.29) is 41.5 Å². The van der Waals surface area contributed by atoms with Gasteiger partial charge in [0.1, 0.15) is 12.4 Å². The summed E-state index contributed by atoms with van der Waals surface area (Å²) in [5, 5.41) is 13.1. The quantitative estimate of drug-likeness (QED) is 0.645. The number of para-hydroxylation sites is 2. The van der Waals surface area contributed by atoms with Gasteiger partial charge in [0.15, 0.2) is 0 Å². The van der Waals surface area contributed by atoms with Gasteiger partial charge < -0.3 is 29.5 Å². The van der Waals surface area contributed by atoms with Crippen molar-refractivity contribution in [3.63, 3.8) is 0 Å². The molecule has 0 atom stereocenters. The highest BCUT2D eigenvalue weighted by molar-refractivity contribution is 6.33. The Morgan fingerprint density at radius 2 is 1.77 bits per heavy atom. The van der Waals surface area contributed by atoms with Crippen LogP contribution < -0.4 is 10.2 Å². The number of rotatable bonds is 6. The van der Waals surface area contributed by atoms with Crippen LogP contribution in [0, 0.1) is 0 Å². The van der Waals surface area contributed by atoms with E-state index in [2.05, 4.69) is 5.32 Å². The molecule has 0 fully saturated rings. The summed E-state index contributed by atoms with van der Waals surface area (Å²) in [7, 11) is 2.35. The number of carbonyl (C=O) groups is 3. The number of carboxylic acid groups (broad SMARTS) is 1. The average Bonchev–Trinajstić information content (AvgIpc) is 2.78. The van der Waals surface area contributed by atoms with Crippen LogP contribution in [-0.2, 0) is 23.8 Å². The lowest BCUT2D eigenvalue weighted by atomic mass is 10.1. The smallest absolute Gasteiger partial charge is 0.355 e. The van der Waals surface area contributed by atoms with Crippen molar-refractivity contribution < 1.29 is 33.7 Å². The second-order valence-corrected chi connectivity index (χ2v) is 6.73. The number of esters is 2. The van der Waals surface area contributed by atoms with Crippen LogP contribution in [0.25, 0.3) is 0 Å². The summed E-state index contributed by atoms with van der Waals surface area (Å²) in [6, 6.07) is 11.3. The van der Waals surface area contributed by atoms with Crippen LogP contribution >= 0.6 is 11.6 Å². The van der Waals surface area contributed by atoms with Crippen LogP contribution in [0.2, 0.25) is 5.02 Å². The number of nitrogens with zero attached hydrogens (tertiary/aromatic N) is 1. The van der Waals surface area contributed by atoms with Gasteiger partial charge in [-0.05, 0) is 24.3 Å². The maximum Gasteiger partial charge on any atom is 0.355 e. The fourth-order valence-corrected chi connectivity index (χ4v) is 3.29. The third kappa shape index (κ3) is 4.47. The monoisotopic (exact) mass is 446 g/mol. The highest BCUT2D eigenvalue weighted by Crippen LogP contribution is 2.38. The molecule has 31 heavy (non-hydrogen) atoms. The topological polar surface area (TPSA) is 114 Å². The molecule has 162 valence electrons. The van der Waals surface area contributed by atoms with E-state index in [9.17, 15) is 19.5 Å². The second kappa shape index (κ2) is 9.50. The molecular weight excluding hydrogens is 428 g/mol. The molecule has 1 heterocycles. The molecule has 0 spiro atoms. The first-order valence-corrected chi connectivity index (χ1v) is 9.39. The van der Waals surface area contributed by atoms with E-state index < -0.39 is 17.9 Å². The van der Waals surface area contributed by atoms with Gasteiger partial charge in [-0.2, -0.15) is 0 Å². The Balaban J connectivity index is 2.22. The number of carbonyl (C=O) groups excluding carboxylic acids is 2. The van der Waals surface area contributed by atoms with E-state index >= 15 is 0 Å². The molecule has 0 unspecified atom stereocenters. The van der Waals surface area contributed by atoms with Gasteiger partial charge in [-0.3, -0.25) is 0 Å². The first kappa shape index (κ1) is 22.1. The molecule has 3 rings (SSSR count). The van der Waals surface area contributed by atoms with Crippen molar-refractivity contribution in [3.8, 4) is 0 Å². The van der Waals surface area contributed by atoms with Gasteiger partial charge in [0, 0.05) is 0 Å². The van der Waals surface area contributed by atoms with Crippen molar-refractivity contribution in [2.24, 2.45) is 0 Å². The third-order valence-electron chi connectivity index (χ3n) is 4.53. The molecule has 0 bridgehead atoms. The molecule has 0 amide bonds. The van der Waals surface area contributed by atoms with Crippen LogP contribution in [0.1, 0.15) is 10.4 Å². The summed E-state index contributed by atoms with van der Waals surface area (Å²) >= 11 is 6.24. The molecule has 10 heteroatoms. The number of hydrogen-bond acceptors (Lipinski definition) is 8. The Hall–Kier alpha value is -3.56. The molecule has 0 aromatic heterocycles. The van der Waals surface area contributed by atoms with Gasteiger partial charge in [0.05, 0.1) is 54.0 Å². The molecule has 0 radical (unpaired) electrons. The number of hydrogen-bond donors (Lipinski definition) is 2. The lowest BCUT2D eigenvalue weighted by Crippen LogP contribution is -2.39. The standard InChI is InChI=1S/C21H19ClN2O7/c1-29-20(27)13-10-31-11-24(18(13)21(28)30-2)16-9-5-6-12(19(25)26)17(16)23-15-8-4-3-7-14(15)22/h3-9,23H,10-11H2,1-2H3,(H,25,26). The molecule has 2 aromatic carbocycles. The van der Waals surface area contributed by atoms with Gasteiger partial charge in [0.2, 0.25) is 0 Å². The minimum atomic E-state index is -1.20. The van der Waals surface area contributed by atoms with Crippen molar-refractivity contribution in [1.29, 1.82) is 0 Å². The van der Waals surface area contributed by atoms with E-state index in [1.165, 1.54) is 31.3 Å². The second-order valence-electron chi connectivity index (χ2n) is 6.33. The predicted octanol–water partition coefficient (Wildman–Crippen LogP) is 3.18. The molecule has 0 aliphatic carbocycles. The summed E-state index contributed by atoms with van der Waals surface area (Å²) in [6.45, 7) is -0.301. The number of anilines is 3. The van der Waals surface area contributed by atoms with E-state index in [1.807, 2.05) is 0 Å². The summed E-state index contributed by atoms with van der Waals surface area (Å²) in [5.41, 5.74) is 0.636. The first-order chi connectivity index (χ1) is 14.9. The van der Waals surface area contributed by atoms with E-state index in [0.717, 1.165) is 0 Å². The minimum Gasteiger partial charge on any atom is -0.478 e. The van der Waals surface area contributed by atoms with Crippen LogP contribution in [0.4, 0.5) is 17.1 Å². The maximum atomic E-state index is 12.6. The molecule has 9 nitrogen and oxygen atoms in total. The van der Waals surface area contributed by atoms with Crippen molar-refractivity contribution in [2.75, 3.05) is 37.8 Å². The molecular formula is C21H19ClN2O7. The normalized spacial score (nSPS) is 13.6. The summed E-state index contributed by atoms with van der Waals surface area (Å²) in [6.07, 6.45) is 0. The lowest BCUT2D eigenvalue weighted by Gasteiger charge is -2.33. The Bertz CT molecular complexity index is 1070. The van der Waals surface area contributed by atoms with Gasteiger partial charge in [0.25, 0.3) is 0 Å². The zero-order valence-electron chi connectivity index (χ0n) is 16.7. The van der Waals surface area contributed by atoms with Crippen molar-refractivity contribution in [3.05, 3.63) is 64.3 Å². The lowest BCUT2D eigenvalue weighted by molar-refractivity contribution is -0.140. The van der Waals surface area contributed by atoms with Crippen molar-refractivity contribution in [1.82, 2.24) is 0 Å². The number of nitrogens with one attached hydrogen (secondary N) is 1. The Kier molecular flexibility index (Phi) is 6.78. The number of ether oxygens (including phenoxy) is 3. The maximum absolute atomic E-state index is 12.6. The van der Waals surface area contributed by atoms with E-state index in [1.54, 1.807) is 30.3 Å². The van der Waals surface area contributed by atoms with Gasteiger partial charge in [-0.25, -0.2) is 14.4 Å². The van der Waals surface area contributed by atoms with Gasteiger partial charge in [-0.15, -0.1) is 0 Å². The molecule has 1 aliphatic rings. The van der Waals surface area contributed by atoms with Gasteiger partial charge >= 0.3 is 17.9 Å². The molecule has 2 N–H and O–H groups in total. The molecule has 2 aromatic rings. The van der Waals surface area contributed by atoms with E-state index in [0.29, 0.717) is 10.7 Å². The van der Waals surface area contributed by atoms with Crippen LogP contribution in [-0.4, -0.2) is 50.6 Å². The fourth-order valence-electron chi connectivity index (χ4n) is 3.11. The number of methoxy groups -OCH3 is 2. The van der Waals surface area contributed by atoms with Crippen molar-refractivity contribution >= 4 is 46.6 Å². The van der Waals surface area contributed by atoms with Gasteiger partial charge in [-0.1, -0.05) is 29.8 Å². The van der Waals surface area contributed by atoms with Crippen LogP contribution in [0.5, 0.6) is 0 Å². The summed E-state index contributed by atoms with van der Waals surface area (Å²) < 4.78 is 15.1. The largest absolute Gasteiger partial charge is 0.478 e. The predicted molar refractivity (Wildman–Crippen MR) is 112 cm³/mol. The summed E-state index contributed by atoms with van der Waals surface area (Å²) in [4.78, 5) is 38.1. The first-order valence-electron chi connectivity index (χ1n) is 9.02. The van der Waals surface area contributed by atoms with Crippen molar-refractivity contribution in [2.45, 2.75) is 0 Å². The minimum absolute atomic E-state index is 0.0509. The average molecular weight is 447 g/mol. The Morgan fingerprint density at radius 1 is 1.06 bits per heavy atom. The Labute approximate surface area is 182 Å². The van der Waals surface area contributed by atoms with Crippen LogP contribution in [0.3, 0.4) is 0 Å². The highest BCUT2D eigenvalue weighted by Gasteiger charge is 2.34. The Morgan fingerprint density at radius 3 is 2.42 bits per heavy atom. The number of benzene rings is 2.